The molecule has 0 aromatic heterocycles. The monoisotopic (exact) mass is 270 g/mol. The van der Waals surface area contributed by atoms with Crippen LogP contribution >= 0.6 is 0 Å². The molecule has 1 N–H and O–H groups in total. The second kappa shape index (κ2) is 6.54. The van der Waals surface area contributed by atoms with Gasteiger partial charge in [0.15, 0.2) is 5.78 Å². The summed E-state index contributed by atoms with van der Waals surface area (Å²) in [7, 11) is -1.21. The van der Waals surface area contributed by atoms with Gasteiger partial charge in [0.1, 0.15) is 11.5 Å². The Labute approximate surface area is 109 Å². The zero-order valence-electron chi connectivity index (χ0n) is 10.9. The summed E-state index contributed by atoms with van der Waals surface area (Å²) in [6.45, 7) is 4.27. The molecule has 1 atom stereocenters. The van der Waals surface area contributed by atoms with Crippen LogP contribution in [0.15, 0.2) is 12.1 Å². The number of Topliss-reactive ketones (excluding diaryl/α,β-unsaturated/α-hetero) is 1. The maximum Gasteiger partial charge on any atom is 0.179 e. The summed E-state index contributed by atoms with van der Waals surface area (Å²) >= 11 is 0. The first-order valence-corrected chi connectivity index (χ1v) is 7.48. The molecule has 1 aromatic rings. The first kappa shape index (κ1) is 14.7. The number of aromatic hydroxyl groups is 1. The van der Waals surface area contributed by atoms with Crippen LogP contribution in [-0.2, 0) is 10.8 Å². The molecule has 0 radical (unpaired) electrons. The van der Waals surface area contributed by atoms with Crippen molar-refractivity contribution in [2.75, 3.05) is 18.6 Å². The van der Waals surface area contributed by atoms with Crippen LogP contribution in [0, 0.1) is 6.92 Å². The molecule has 0 amide bonds. The number of carbonyl (C=O) groups is 1. The molecule has 1 aromatic carbocycles. The highest BCUT2D eigenvalue weighted by atomic mass is 32.2. The molecule has 0 aliphatic carbocycles. The lowest BCUT2D eigenvalue weighted by atomic mass is 10.0. The zero-order valence-corrected chi connectivity index (χ0v) is 11.7. The van der Waals surface area contributed by atoms with Gasteiger partial charge >= 0.3 is 0 Å². The molecule has 0 bridgehead atoms. The number of ketones is 1. The van der Waals surface area contributed by atoms with Crippen molar-refractivity contribution < 1.29 is 18.8 Å². The third-order valence-corrected chi connectivity index (χ3v) is 3.04. The minimum absolute atomic E-state index is 0.0798. The number of rotatable bonds is 6. The van der Waals surface area contributed by atoms with E-state index in [-0.39, 0.29) is 22.8 Å². The largest absolute Gasteiger partial charge is 0.507 e. The summed E-state index contributed by atoms with van der Waals surface area (Å²) < 4.78 is 16.4. The van der Waals surface area contributed by atoms with Crippen LogP contribution in [-0.4, -0.2) is 33.7 Å². The van der Waals surface area contributed by atoms with Crippen molar-refractivity contribution in [3.63, 3.8) is 0 Å². The van der Waals surface area contributed by atoms with Crippen molar-refractivity contribution in [1.82, 2.24) is 0 Å². The number of ether oxygens (including phenoxy) is 1. The lowest BCUT2D eigenvalue weighted by Gasteiger charge is -2.11. The molecule has 1 rings (SSSR count). The van der Waals surface area contributed by atoms with Crippen LogP contribution in [0.25, 0.3) is 0 Å². The quantitative estimate of drug-likeness (QED) is 0.804. The molecule has 0 aliphatic rings. The summed E-state index contributed by atoms with van der Waals surface area (Å²) in [6.07, 6.45) is 2.33. The second-order valence-electron chi connectivity index (χ2n) is 4.12. The Bertz CT molecular complexity index is 445. The molecule has 18 heavy (non-hydrogen) atoms. The third-order valence-electron chi connectivity index (χ3n) is 2.37. The van der Waals surface area contributed by atoms with Gasteiger partial charge in [-0.25, -0.2) is 0 Å². The smallest absolute Gasteiger partial charge is 0.179 e. The van der Waals surface area contributed by atoms with E-state index in [2.05, 4.69) is 0 Å². The number of benzene rings is 1. The molecular formula is C13H18O4S. The van der Waals surface area contributed by atoms with Gasteiger partial charge in [0, 0.05) is 23.1 Å². The van der Waals surface area contributed by atoms with Crippen molar-refractivity contribution in [2.24, 2.45) is 0 Å². The minimum Gasteiger partial charge on any atom is -0.507 e. The van der Waals surface area contributed by atoms with E-state index in [0.717, 1.165) is 6.42 Å². The average molecular weight is 270 g/mol. The van der Waals surface area contributed by atoms with Crippen LogP contribution in [0.5, 0.6) is 11.5 Å². The molecular weight excluding hydrogens is 252 g/mol. The molecule has 5 heteroatoms. The van der Waals surface area contributed by atoms with E-state index in [1.807, 2.05) is 6.92 Å². The highest BCUT2D eigenvalue weighted by Gasteiger charge is 2.17. The predicted molar refractivity (Wildman–Crippen MR) is 71.9 cm³/mol. The van der Waals surface area contributed by atoms with Gasteiger partial charge in [-0.15, -0.1) is 0 Å². The van der Waals surface area contributed by atoms with E-state index in [0.29, 0.717) is 17.9 Å². The number of phenols is 1. The number of carbonyl (C=O) groups excluding carboxylic acids is 1. The van der Waals surface area contributed by atoms with E-state index in [9.17, 15) is 14.1 Å². The van der Waals surface area contributed by atoms with Gasteiger partial charge in [-0.05, 0) is 25.0 Å². The van der Waals surface area contributed by atoms with E-state index in [1.165, 1.54) is 12.3 Å². The van der Waals surface area contributed by atoms with E-state index in [1.54, 1.807) is 13.0 Å². The fourth-order valence-corrected chi connectivity index (χ4v) is 2.17. The Hall–Kier alpha value is -1.36. The highest BCUT2D eigenvalue weighted by Crippen LogP contribution is 2.28. The Morgan fingerprint density at radius 1 is 1.44 bits per heavy atom. The number of hydrogen-bond acceptors (Lipinski definition) is 4. The molecule has 0 saturated heterocycles. The van der Waals surface area contributed by atoms with Crippen LogP contribution < -0.4 is 4.74 Å². The molecule has 4 nitrogen and oxygen atoms in total. The third kappa shape index (κ3) is 3.84. The van der Waals surface area contributed by atoms with Gasteiger partial charge in [-0.3, -0.25) is 9.00 Å². The summed E-state index contributed by atoms with van der Waals surface area (Å²) in [5, 5.41) is 9.86. The fraction of sp³-hybridized carbons (Fsp3) is 0.462. The van der Waals surface area contributed by atoms with Crippen molar-refractivity contribution in [1.29, 1.82) is 0 Å². The van der Waals surface area contributed by atoms with Crippen LogP contribution in [0.1, 0.15) is 29.3 Å². The molecule has 0 spiro atoms. The van der Waals surface area contributed by atoms with Gasteiger partial charge in [0.25, 0.3) is 0 Å². The second-order valence-corrected chi connectivity index (χ2v) is 5.56. The van der Waals surface area contributed by atoms with Gasteiger partial charge in [-0.2, -0.15) is 0 Å². The van der Waals surface area contributed by atoms with Gasteiger partial charge in [0.2, 0.25) is 0 Å². The Balaban J connectivity index is 3.00. The first-order chi connectivity index (χ1) is 8.45. The fourth-order valence-electron chi connectivity index (χ4n) is 1.66. The number of phenolic OH excluding ortho intramolecular Hbond substituents is 1. The maximum absolute atomic E-state index is 11.8. The van der Waals surface area contributed by atoms with E-state index >= 15 is 0 Å². The molecule has 1 unspecified atom stereocenters. The topological polar surface area (TPSA) is 63.6 Å². The van der Waals surface area contributed by atoms with Crippen molar-refractivity contribution in [3.05, 3.63) is 23.3 Å². The van der Waals surface area contributed by atoms with Crippen LogP contribution in [0.3, 0.4) is 0 Å². The van der Waals surface area contributed by atoms with E-state index in [4.69, 9.17) is 4.74 Å². The van der Waals surface area contributed by atoms with Gasteiger partial charge in [-0.1, -0.05) is 6.92 Å². The number of aryl methyl sites for hydroxylation is 1. The summed E-state index contributed by atoms with van der Waals surface area (Å²) in [5.74, 6) is 0.0364. The average Bonchev–Trinajstić information content (AvgIpc) is 2.24. The summed E-state index contributed by atoms with van der Waals surface area (Å²) in [5.41, 5.74) is 0.866. The zero-order chi connectivity index (χ0) is 13.7. The van der Waals surface area contributed by atoms with Crippen LogP contribution in [0.4, 0.5) is 0 Å². The lowest BCUT2D eigenvalue weighted by Crippen LogP contribution is -2.11. The molecule has 0 saturated carbocycles. The van der Waals surface area contributed by atoms with Crippen molar-refractivity contribution >= 4 is 16.6 Å². The lowest BCUT2D eigenvalue weighted by molar-refractivity contribution is 0.101. The Morgan fingerprint density at radius 3 is 2.61 bits per heavy atom. The first-order valence-electron chi connectivity index (χ1n) is 5.75. The number of hydrogen-bond donors (Lipinski definition) is 1. The molecule has 0 aliphatic heterocycles. The minimum atomic E-state index is -1.21. The van der Waals surface area contributed by atoms with Crippen molar-refractivity contribution in [2.45, 2.75) is 20.3 Å². The Morgan fingerprint density at radius 2 is 2.11 bits per heavy atom. The van der Waals surface area contributed by atoms with E-state index < -0.39 is 10.8 Å². The Kier molecular flexibility index (Phi) is 5.34. The normalized spacial score (nSPS) is 12.2. The predicted octanol–water partition coefficient (Wildman–Crippen LogP) is 2.05. The summed E-state index contributed by atoms with van der Waals surface area (Å²) in [6, 6.07) is 3.13. The van der Waals surface area contributed by atoms with Gasteiger partial charge < -0.3 is 9.84 Å². The maximum atomic E-state index is 11.8. The molecule has 0 heterocycles. The standard InChI is InChI=1S/C13H18O4S/c1-4-5-17-10-6-9(2)13(11(14)7-10)12(15)8-18(3)16/h6-7,14H,4-5,8H2,1-3H3. The SMILES string of the molecule is CCCOc1cc(C)c(C(=O)CS(C)=O)c(O)c1. The van der Waals surface area contributed by atoms with Gasteiger partial charge in [0.05, 0.1) is 17.9 Å². The summed E-state index contributed by atoms with van der Waals surface area (Å²) in [4.78, 5) is 11.8. The van der Waals surface area contributed by atoms with Crippen LogP contribution in [0.2, 0.25) is 0 Å². The molecule has 100 valence electrons. The molecule has 0 fully saturated rings. The van der Waals surface area contributed by atoms with Crippen molar-refractivity contribution in [3.8, 4) is 11.5 Å². The highest BCUT2D eigenvalue weighted by molar-refractivity contribution is 7.85.